The van der Waals surface area contributed by atoms with E-state index in [0.717, 1.165) is 17.2 Å². The maximum Gasteiger partial charge on any atom is 0.293 e. The maximum atomic E-state index is 12.6. The minimum absolute atomic E-state index is 0.00299. The summed E-state index contributed by atoms with van der Waals surface area (Å²) in [5.41, 5.74) is 6.74. The molecule has 0 radical (unpaired) electrons. The number of aryl methyl sites for hydroxylation is 2. The smallest absolute Gasteiger partial charge is 0.293 e. The van der Waals surface area contributed by atoms with Gasteiger partial charge in [-0.15, -0.1) is 0 Å². The average Bonchev–Trinajstić information content (AvgIpc) is 2.57. The van der Waals surface area contributed by atoms with Crippen molar-refractivity contribution in [3.63, 3.8) is 0 Å². The van der Waals surface area contributed by atoms with Crippen LogP contribution in [0.4, 0.5) is 17.1 Å². The SMILES string of the molecule is Cc1ccc(NS(=O)(=O)c2ccc(N[C@H](C)C(N)=O)c([N+](=O)[O-])c2)c(C)c1. The molecule has 0 saturated heterocycles. The number of sulfonamides is 1. The van der Waals surface area contributed by atoms with Crippen LogP contribution in [0, 0.1) is 24.0 Å². The van der Waals surface area contributed by atoms with Crippen LogP contribution in [0.2, 0.25) is 0 Å². The summed E-state index contributed by atoms with van der Waals surface area (Å²) in [5, 5.41) is 13.9. The van der Waals surface area contributed by atoms with Crippen molar-refractivity contribution in [2.75, 3.05) is 10.0 Å². The summed E-state index contributed by atoms with van der Waals surface area (Å²) < 4.78 is 27.7. The summed E-state index contributed by atoms with van der Waals surface area (Å²) in [7, 11) is -4.04. The van der Waals surface area contributed by atoms with Crippen molar-refractivity contribution in [1.29, 1.82) is 0 Å². The molecule has 1 amide bonds. The molecule has 2 aromatic carbocycles. The number of carbonyl (C=O) groups is 1. The molecule has 10 heteroatoms. The summed E-state index contributed by atoms with van der Waals surface area (Å²) in [5.74, 6) is -0.697. The number of nitrogens with zero attached hydrogens (tertiary/aromatic N) is 1. The molecule has 0 aromatic heterocycles. The number of nitro groups is 1. The van der Waals surface area contributed by atoms with E-state index >= 15 is 0 Å². The zero-order valence-electron chi connectivity index (χ0n) is 15.0. The van der Waals surface area contributed by atoms with Gasteiger partial charge in [-0.25, -0.2) is 8.42 Å². The predicted octanol–water partition coefficient (Wildman–Crippen LogP) is 2.30. The minimum Gasteiger partial charge on any atom is -0.368 e. The molecule has 0 heterocycles. The third-order valence-corrected chi connectivity index (χ3v) is 5.26. The first-order valence-electron chi connectivity index (χ1n) is 7.95. The number of anilines is 2. The van der Waals surface area contributed by atoms with Gasteiger partial charge < -0.3 is 11.1 Å². The number of amides is 1. The van der Waals surface area contributed by atoms with Crippen molar-refractivity contribution < 1.29 is 18.1 Å². The van der Waals surface area contributed by atoms with Crippen LogP contribution in [0.1, 0.15) is 18.1 Å². The Morgan fingerprint density at radius 1 is 1.15 bits per heavy atom. The highest BCUT2D eigenvalue weighted by Gasteiger charge is 2.23. The number of benzene rings is 2. The fourth-order valence-electron chi connectivity index (χ4n) is 2.39. The van der Waals surface area contributed by atoms with Crippen molar-refractivity contribution in [3.8, 4) is 0 Å². The van der Waals surface area contributed by atoms with Gasteiger partial charge in [0.25, 0.3) is 15.7 Å². The first-order chi connectivity index (χ1) is 12.5. The molecule has 144 valence electrons. The number of nitro benzene ring substituents is 1. The summed E-state index contributed by atoms with van der Waals surface area (Å²) in [6, 6.07) is 7.72. The van der Waals surface area contributed by atoms with E-state index in [-0.39, 0.29) is 10.6 Å². The first-order valence-corrected chi connectivity index (χ1v) is 9.44. The molecule has 0 fully saturated rings. The summed E-state index contributed by atoms with van der Waals surface area (Å²) in [6.07, 6.45) is 0. The van der Waals surface area contributed by atoms with Gasteiger partial charge in [-0.05, 0) is 44.5 Å². The summed E-state index contributed by atoms with van der Waals surface area (Å²) >= 11 is 0. The van der Waals surface area contributed by atoms with Crippen LogP contribution in [0.15, 0.2) is 41.3 Å². The molecule has 0 saturated carbocycles. The van der Waals surface area contributed by atoms with Gasteiger partial charge in [0.1, 0.15) is 11.7 Å². The fraction of sp³-hybridized carbons (Fsp3) is 0.235. The van der Waals surface area contributed by atoms with Crippen LogP contribution in [-0.4, -0.2) is 25.3 Å². The van der Waals surface area contributed by atoms with E-state index in [9.17, 15) is 23.3 Å². The third kappa shape index (κ3) is 4.73. The van der Waals surface area contributed by atoms with Crippen LogP contribution >= 0.6 is 0 Å². The van der Waals surface area contributed by atoms with Crippen LogP contribution in [0.25, 0.3) is 0 Å². The van der Waals surface area contributed by atoms with E-state index in [2.05, 4.69) is 10.0 Å². The third-order valence-electron chi connectivity index (χ3n) is 3.90. The van der Waals surface area contributed by atoms with Gasteiger partial charge >= 0.3 is 0 Å². The second kappa shape index (κ2) is 7.62. The highest BCUT2D eigenvalue weighted by molar-refractivity contribution is 7.92. The van der Waals surface area contributed by atoms with Gasteiger partial charge in [0.05, 0.1) is 15.5 Å². The molecule has 2 rings (SSSR count). The van der Waals surface area contributed by atoms with Gasteiger partial charge in [-0.2, -0.15) is 0 Å². The van der Waals surface area contributed by atoms with Crippen LogP contribution in [0.5, 0.6) is 0 Å². The number of hydrogen-bond donors (Lipinski definition) is 3. The number of nitrogens with two attached hydrogens (primary N) is 1. The number of rotatable bonds is 7. The van der Waals surface area contributed by atoms with E-state index in [0.29, 0.717) is 5.69 Å². The summed E-state index contributed by atoms with van der Waals surface area (Å²) in [6.45, 7) is 5.08. The van der Waals surface area contributed by atoms with Gasteiger partial charge in [0, 0.05) is 6.07 Å². The fourth-order valence-corrected chi connectivity index (χ4v) is 3.54. The van der Waals surface area contributed by atoms with E-state index < -0.39 is 32.6 Å². The molecular formula is C17H20N4O5S. The quantitative estimate of drug-likeness (QED) is 0.487. The van der Waals surface area contributed by atoms with Crippen molar-refractivity contribution in [1.82, 2.24) is 0 Å². The minimum atomic E-state index is -4.04. The molecule has 2 aromatic rings. The molecular weight excluding hydrogens is 372 g/mol. The Kier molecular flexibility index (Phi) is 5.69. The Labute approximate surface area is 156 Å². The first kappa shape index (κ1) is 20.2. The average molecular weight is 392 g/mol. The lowest BCUT2D eigenvalue weighted by molar-refractivity contribution is -0.384. The molecule has 0 spiro atoms. The van der Waals surface area contributed by atoms with Gasteiger partial charge in [-0.1, -0.05) is 17.7 Å². The lowest BCUT2D eigenvalue weighted by Gasteiger charge is -2.14. The zero-order valence-corrected chi connectivity index (χ0v) is 15.8. The molecule has 0 bridgehead atoms. The van der Waals surface area contributed by atoms with Gasteiger partial charge in [-0.3, -0.25) is 19.6 Å². The lowest BCUT2D eigenvalue weighted by Crippen LogP contribution is -2.32. The number of carbonyl (C=O) groups excluding carboxylic acids is 1. The highest BCUT2D eigenvalue weighted by atomic mass is 32.2. The summed E-state index contributed by atoms with van der Waals surface area (Å²) in [4.78, 5) is 21.5. The predicted molar refractivity (Wildman–Crippen MR) is 102 cm³/mol. The molecule has 9 nitrogen and oxygen atoms in total. The number of hydrogen-bond acceptors (Lipinski definition) is 6. The monoisotopic (exact) mass is 392 g/mol. The van der Waals surface area contributed by atoms with Crippen LogP contribution in [0.3, 0.4) is 0 Å². The molecule has 0 aliphatic carbocycles. The Balaban J connectivity index is 2.40. The lowest BCUT2D eigenvalue weighted by atomic mass is 10.1. The van der Waals surface area contributed by atoms with Gasteiger partial charge in [0.2, 0.25) is 5.91 Å². The van der Waals surface area contributed by atoms with E-state index in [1.807, 2.05) is 13.0 Å². The second-order valence-electron chi connectivity index (χ2n) is 6.13. The number of primary amides is 1. The van der Waals surface area contributed by atoms with Gasteiger partial charge in [0.15, 0.2) is 0 Å². The Morgan fingerprint density at radius 2 is 1.78 bits per heavy atom. The maximum absolute atomic E-state index is 12.6. The van der Waals surface area contributed by atoms with Crippen molar-refractivity contribution in [3.05, 3.63) is 57.6 Å². The van der Waals surface area contributed by atoms with Crippen LogP contribution < -0.4 is 15.8 Å². The van der Waals surface area contributed by atoms with Crippen molar-refractivity contribution in [2.24, 2.45) is 5.73 Å². The molecule has 0 aliphatic rings. The molecule has 4 N–H and O–H groups in total. The largest absolute Gasteiger partial charge is 0.368 e. The zero-order chi connectivity index (χ0) is 20.4. The highest BCUT2D eigenvalue weighted by Crippen LogP contribution is 2.29. The molecule has 27 heavy (non-hydrogen) atoms. The topological polar surface area (TPSA) is 144 Å². The normalized spacial score (nSPS) is 12.3. The van der Waals surface area contributed by atoms with Crippen molar-refractivity contribution in [2.45, 2.75) is 31.7 Å². The van der Waals surface area contributed by atoms with Crippen LogP contribution in [-0.2, 0) is 14.8 Å². The van der Waals surface area contributed by atoms with E-state index in [1.54, 1.807) is 19.1 Å². The Bertz CT molecular complexity index is 1000. The molecule has 0 unspecified atom stereocenters. The van der Waals surface area contributed by atoms with E-state index in [1.165, 1.54) is 19.1 Å². The Hall–Kier alpha value is -3.14. The van der Waals surface area contributed by atoms with E-state index in [4.69, 9.17) is 5.73 Å². The molecule has 0 aliphatic heterocycles. The standard InChI is InChI=1S/C17H20N4O5S/c1-10-4-6-14(11(2)8-10)20-27(25,26)13-5-7-15(16(9-13)21(23)24)19-12(3)17(18)22/h4-9,12,19-20H,1-3H3,(H2,18,22)/t12-/m1/s1. The second-order valence-corrected chi connectivity index (χ2v) is 7.81. The number of nitrogens with one attached hydrogen (secondary N) is 2. The van der Waals surface area contributed by atoms with Crippen molar-refractivity contribution >= 4 is 33.0 Å². The molecule has 1 atom stereocenters. The Morgan fingerprint density at radius 3 is 2.33 bits per heavy atom.